The Hall–Kier alpha value is -1.31. The van der Waals surface area contributed by atoms with Gasteiger partial charge in [-0.2, -0.15) is 0 Å². The van der Waals surface area contributed by atoms with Crippen LogP contribution >= 0.6 is 27.3 Å². The highest BCUT2D eigenvalue weighted by atomic mass is 79.9. The molecule has 0 spiro atoms. The summed E-state index contributed by atoms with van der Waals surface area (Å²) in [5, 5.41) is 5.87. The Morgan fingerprint density at radius 1 is 1.40 bits per heavy atom. The average Bonchev–Trinajstić information content (AvgIpc) is 2.67. The summed E-state index contributed by atoms with van der Waals surface area (Å²) in [6, 6.07) is 7.81. The van der Waals surface area contributed by atoms with Crippen molar-refractivity contribution in [3.05, 3.63) is 29.6 Å². The van der Waals surface area contributed by atoms with Gasteiger partial charge in [0.25, 0.3) is 0 Å². The van der Waals surface area contributed by atoms with Crippen molar-refractivity contribution in [2.45, 2.75) is 0 Å². The molecule has 4 heteroatoms. The van der Waals surface area contributed by atoms with Gasteiger partial charge in [-0.15, -0.1) is 11.3 Å². The molecule has 2 nitrogen and oxygen atoms in total. The molecule has 15 heavy (non-hydrogen) atoms. The smallest absolute Gasteiger partial charge is 0.301 e. The van der Waals surface area contributed by atoms with Gasteiger partial charge in [0.2, 0.25) is 0 Å². The van der Waals surface area contributed by atoms with Crippen molar-refractivity contribution in [2.75, 3.05) is 5.32 Å². The van der Waals surface area contributed by atoms with Crippen LogP contribution in [0.1, 0.15) is 0 Å². The quantitative estimate of drug-likeness (QED) is 0.798. The van der Waals surface area contributed by atoms with Crippen molar-refractivity contribution in [3.63, 3.8) is 0 Å². The molecule has 0 aliphatic carbocycles. The molecule has 0 saturated carbocycles. The molecule has 0 radical (unpaired) electrons. The Kier molecular flexibility index (Phi) is 3.05. The predicted molar refractivity (Wildman–Crippen MR) is 67.2 cm³/mol. The van der Waals surface area contributed by atoms with Crippen LogP contribution in [0, 0.1) is 10.8 Å². The summed E-state index contributed by atoms with van der Waals surface area (Å²) in [6.07, 6.45) is 0. The number of nitrogens with one attached hydrogen (secondary N) is 1. The first-order valence-corrected chi connectivity index (χ1v) is 5.87. The number of carbonyl (C=O) groups is 1. The summed E-state index contributed by atoms with van der Waals surface area (Å²) in [7, 11) is 0. The van der Waals surface area contributed by atoms with Crippen LogP contribution in [0.25, 0.3) is 10.1 Å². The average molecular weight is 280 g/mol. The number of amides is 1. The molecule has 0 aliphatic heterocycles. The van der Waals surface area contributed by atoms with Crippen molar-refractivity contribution < 1.29 is 4.79 Å². The van der Waals surface area contributed by atoms with Gasteiger partial charge in [-0.1, -0.05) is 12.1 Å². The number of benzene rings is 1. The molecule has 0 aliphatic rings. The number of anilines is 1. The highest BCUT2D eigenvalue weighted by Crippen LogP contribution is 2.28. The highest BCUT2D eigenvalue weighted by molar-refractivity contribution is 9.12. The topological polar surface area (TPSA) is 29.1 Å². The van der Waals surface area contributed by atoms with Crippen molar-refractivity contribution in [2.24, 2.45) is 0 Å². The number of carbonyl (C=O) groups excluding carboxylic acids is 1. The zero-order valence-electron chi connectivity index (χ0n) is 7.58. The van der Waals surface area contributed by atoms with Gasteiger partial charge in [0.15, 0.2) is 0 Å². The first-order chi connectivity index (χ1) is 7.31. The van der Waals surface area contributed by atoms with Crippen molar-refractivity contribution >= 4 is 48.9 Å². The Bertz CT molecular complexity index is 564. The number of rotatable bonds is 1. The lowest BCUT2D eigenvalue weighted by molar-refractivity contribution is -0.111. The van der Waals surface area contributed by atoms with Crippen LogP contribution in [0.5, 0.6) is 0 Å². The van der Waals surface area contributed by atoms with E-state index in [1.54, 1.807) is 11.3 Å². The molecule has 1 amide bonds. The summed E-state index contributed by atoms with van der Waals surface area (Å²) < 4.78 is 1.07. The van der Waals surface area contributed by atoms with Gasteiger partial charge in [-0.3, -0.25) is 4.79 Å². The Labute approximate surface area is 99.4 Å². The van der Waals surface area contributed by atoms with E-state index in [1.807, 2.05) is 29.6 Å². The summed E-state index contributed by atoms with van der Waals surface area (Å²) in [4.78, 5) is 13.7. The van der Waals surface area contributed by atoms with Crippen molar-refractivity contribution in [1.29, 1.82) is 0 Å². The van der Waals surface area contributed by atoms with E-state index in [4.69, 9.17) is 0 Å². The molecule has 74 valence electrons. The molecule has 1 aromatic heterocycles. The lowest BCUT2D eigenvalue weighted by Gasteiger charge is -2.01. The SMILES string of the molecule is O=C(C#CBr)Nc1cccc2ccsc12. The number of hydrogen-bond acceptors (Lipinski definition) is 2. The van der Waals surface area contributed by atoms with E-state index in [0.717, 1.165) is 15.8 Å². The number of thiophene rings is 1. The largest absolute Gasteiger partial charge is 0.314 e. The minimum atomic E-state index is -0.312. The maximum Gasteiger partial charge on any atom is 0.301 e. The molecule has 0 unspecified atom stereocenters. The molecular formula is C11H6BrNOS. The van der Waals surface area contributed by atoms with Gasteiger partial charge in [-0.05, 0) is 27.7 Å². The zero-order chi connectivity index (χ0) is 10.7. The van der Waals surface area contributed by atoms with Crippen molar-refractivity contribution in [3.8, 4) is 10.8 Å². The second kappa shape index (κ2) is 4.47. The van der Waals surface area contributed by atoms with E-state index < -0.39 is 0 Å². The van der Waals surface area contributed by atoms with Gasteiger partial charge in [0.05, 0.1) is 10.4 Å². The second-order valence-corrected chi connectivity index (χ2v) is 4.13. The summed E-state index contributed by atoms with van der Waals surface area (Å²) in [5.41, 5.74) is 0.808. The third-order valence-electron chi connectivity index (χ3n) is 1.89. The molecule has 1 N–H and O–H groups in total. The minimum absolute atomic E-state index is 0.312. The van der Waals surface area contributed by atoms with Crippen LogP contribution in [-0.2, 0) is 4.79 Å². The standard InChI is InChI=1S/C11H6BrNOS/c12-6-4-10(14)13-9-3-1-2-8-5-7-15-11(8)9/h1-3,5,7H,(H,13,14). The fourth-order valence-corrected chi connectivity index (χ4v) is 2.34. The Morgan fingerprint density at radius 2 is 2.27 bits per heavy atom. The normalized spacial score (nSPS) is 9.40. The van der Waals surface area contributed by atoms with E-state index >= 15 is 0 Å². The van der Waals surface area contributed by atoms with Gasteiger partial charge in [0, 0.05) is 21.9 Å². The van der Waals surface area contributed by atoms with Crippen molar-refractivity contribution in [1.82, 2.24) is 0 Å². The summed E-state index contributed by atoms with van der Waals surface area (Å²) in [6.45, 7) is 0. The minimum Gasteiger partial charge on any atom is -0.314 e. The van der Waals surface area contributed by atoms with E-state index in [0.29, 0.717) is 0 Å². The highest BCUT2D eigenvalue weighted by Gasteiger charge is 2.03. The first kappa shape index (κ1) is 10.2. The Morgan fingerprint density at radius 3 is 3.07 bits per heavy atom. The maximum atomic E-state index is 11.3. The maximum absolute atomic E-state index is 11.3. The molecule has 1 heterocycles. The molecule has 2 rings (SSSR count). The number of halogens is 1. The van der Waals surface area contributed by atoms with Gasteiger partial charge < -0.3 is 5.32 Å². The molecular weight excluding hydrogens is 274 g/mol. The van der Waals surface area contributed by atoms with E-state index in [-0.39, 0.29) is 5.91 Å². The summed E-state index contributed by atoms with van der Waals surface area (Å²) in [5.74, 6) is 2.06. The fourth-order valence-electron chi connectivity index (χ4n) is 1.29. The molecule has 0 bridgehead atoms. The van der Waals surface area contributed by atoms with Crippen LogP contribution in [0.3, 0.4) is 0 Å². The lowest BCUT2D eigenvalue weighted by Crippen LogP contribution is -2.07. The van der Waals surface area contributed by atoms with E-state index in [9.17, 15) is 4.79 Å². The van der Waals surface area contributed by atoms with Crippen LogP contribution in [0.2, 0.25) is 0 Å². The third kappa shape index (κ3) is 2.20. The fraction of sp³-hybridized carbons (Fsp3) is 0. The molecule has 0 saturated heterocycles. The Balaban J connectivity index is 2.38. The van der Waals surface area contributed by atoms with Gasteiger partial charge >= 0.3 is 5.91 Å². The predicted octanol–water partition coefficient (Wildman–Crippen LogP) is 3.20. The van der Waals surface area contributed by atoms with Crippen LogP contribution in [-0.4, -0.2) is 5.91 Å². The van der Waals surface area contributed by atoms with E-state index in [2.05, 4.69) is 32.0 Å². The number of fused-ring (bicyclic) bond motifs is 1. The van der Waals surface area contributed by atoms with Crippen LogP contribution in [0.15, 0.2) is 29.6 Å². The molecule has 0 fully saturated rings. The van der Waals surface area contributed by atoms with Crippen LogP contribution in [0.4, 0.5) is 5.69 Å². The molecule has 1 aromatic carbocycles. The lowest BCUT2D eigenvalue weighted by atomic mass is 10.2. The summed E-state index contributed by atoms with van der Waals surface area (Å²) >= 11 is 4.49. The third-order valence-corrected chi connectivity index (χ3v) is 3.05. The molecule has 0 atom stereocenters. The first-order valence-electron chi connectivity index (χ1n) is 4.20. The van der Waals surface area contributed by atoms with E-state index in [1.165, 1.54) is 0 Å². The van der Waals surface area contributed by atoms with Crippen LogP contribution < -0.4 is 5.32 Å². The molecule has 2 aromatic rings. The number of hydrogen-bond donors (Lipinski definition) is 1. The van der Waals surface area contributed by atoms with Gasteiger partial charge in [-0.25, -0.2) is 0 Å². The second-order valence-electron chi connectivity index (χ2n) is 2.82. The monoisotopic (exact) mass is 279 g/mol. The van der Waals surface area contributed by atoms with Gasteiger partial charge in [0.1, 0.15) is 0 Å². The zero-order valence-corrected chi connectivity index (χ0v) is 9.98.